The van der Waals surface area contributed by atoms with E-state index in [2.05, 4.69) is 10.3 Å². The Bertz CT molecular complexity index is 355. The van der Waals surface area contributed by atoms with Gasteiger partial charge in [0.25, 0.3) is 0 Å². The van der Waals surface area contributed by atoms with Gasteiger partial charge in [-0.3, -0.25) is 0 Å². The van der Waals surface area contributed by atoms with Gasteiger partial charge in [-0.25, -0.2) is 4.98 Å². The molecule has 4 N–H and O–H groups in total. The minimum Gasteiger partial charge on any atom is -0.397 e. The number of anilines is 2. The Morgan fingerprint density at radius 1 is 1.60 bits per heavy atom. The quantitative estimate of drug-likeness (QED) is 0.698. The van der Waals surface area contributed by atoms with Crippen molar-refractivity contribution in [1.29, 1.82) is 0 Å². The number of nitrogens with zero attached hydrogens (tertiary/aromatic N) is 1. The summed E-state index contributed by atoms with van der Waals surface area (Å²) in [5.74, 6) is 0.831. The highest BCUT2D eigenvalue weighted by atomic mass is 16.3. The fourth-order valence-corrected chi connectivity index (χ4v) is 1.90. The van der Waals surface area contributed by atoms with Crippen LogP contribution in [0.15, 0.2) is 12.3 Å². The Balaban J connectivity index is 2.16. The number of aliphatic hydroxyl groups excluding tert-OH is 1. The average Bonchev–Trinajstić information content (AvgIpc) is 2.14. The molecule has 1 aliphatic rings. The van der Waals surface area contributed by atoms with E-state index >= 15 is 0 Å². The summed E-state index contributed by atoms with van der Waals surface area (Å²) < 4.78 is 0. The molecule has 0 radical (unpaired) electrons. The Morgan fingerprint density at radius 3 is 2.80 bits per heavy atom. The van der Waals surface area contributed by atoms with Crippen LogP contribution in [0.3, 0.4) is 0 Å². The van der Waals surface area contributed by atoms with Crippen LogP contribution in [-0.2, 0) is 0 Å². The summed E-state index contributed by atoms with van der Waals surface area (Å²) in [7, 11) is 0. The van der Waals surface area contributed by atoms with Gasteiger partial charge in [0.05, 0.1) is 24.0 Å². The molecule has 82 valence electrons. The standard InChI is InChI=1S/C11H17N3O/c1-8-5-9(12)6-13-10(8)14-11(7-15)3-2-4-11/h5-6,15H,2-4,7,12H2,1H3,(H,13,14). The second-order valence-corrected chi connectivity index (χ2v) is 4.35. The summed E-state index contributed by atoms with van der Waals surface area (Å²) in [6.07, 6.45) is 4.82. The van der Waals surface area contributed by atoms with Crippen molar-refractivity contribution in [3.63, 3.8) is 0 Å². The monoisotopic (exact) mass is 207 g/mol. The Hall–Kier alpha value is -1.29. The molecule has 0 bridgehead atoms. The molecular formula is C11H17N3O. The first-order valence-electron chi connectivity index (χ1n) is 5.26. The highest BCUT2D eigenvalue weighted by Gasteiger charge is 2.36. The summed E-state index contributed by atoms with van der Waals surface area (Å²) in [6, 6.07) is 1.89. The lowest BCUT2D eigenvalue weighted by Crippen LogP contribution is -2.48. The molecule has 1 fully saturated rings. The van der Waals surface area contributed by atoms with Crippen molar-refractivity contribution in [2.75, 3.05) is 17.7 Å². The van der Waals surface area contributed by atoms with E-state index < -0.39 is 0 Å². The number of nitrogens with one attached hydrogen (secondary N) is 1. The molecule has 0 spiro atoms. The zero-order chi connectivity index (χ0) is 10.9. The van der Waals surface area contributed by atoms with E-state index in [9.17, 15) is 5.11 Å². The van der Waals surface area contributed by atoms with Crippen LogP contribution in [0.1, 0.15) is 24.8 Å². The van der Waals surface area contributed by atoms with E-state index in [1.807, 2.05) is 13.0 Å². The number of aromatic nitrogens is 1. The third-order valence-corrected chi connectivity index (χ3v) is 3.10. The second kappa shape index (κ2) is 3.70. The van der Waals surface area contributed by atoms with Crippen LogP contribution in [0.5, 0.6) is 0 Å². The molecule has 2 rings (SSSR count). The molecular weight excluding hydrogens is 190 g/mol. The second-order valence-electron chi connectivity index (χ2n) is 4.35. The first-order valence-corrected chi connectivity index (χ1v) is 5.26. The molecule has 0 amide bonds. The van der Waals surface area contributed by atoms with Crippen molar-refractivity contribution in [3.8, 4) is 0 Å². The zero-order valence-corrected chi connectivity index (χ0v) is 8.95. The Kier molecular flexibility index (Phi) is 2.52. The molecule has 1 aromatic rings. The number of nitrogen functional groups attached to an aromatic ring is 1. The van der Waals surface area contributed by atoms with E-state index in [1.165, 1.54) is 6.42 Å². The third-order valence-electron chi connectivity index (χ3n) is 3.10. The summed E-state index contributed by atoms with van der Waals surface area (Å²) >= 11 is 0. The first kappa shape index (κ1) is 10.2. The van der Waals surface area contributed by atoms with Crippen LogP contribution < -0.4 is 11.1 Å². The van der Waals surface area contributed by atoms with Gasteiger partial charge in [-0.15, -0.1) is 0 Å². The normalized spacial score (nSPS) is 18.3. The van der Waals surface area contributed by atoms with E-state index in [0.717, 1.165) is 24.2 Å². The Morgan fingerprint density at radius 2 is 2.33 bits per heavy atom. The number of nitrogens with two attached hydrogens (primary N) is 1. The summed E-state index contributed by atoms with van der Waals surface area (Å²) in [5.41, 5.74) is 7.18. The van der Waals surface area contributed by atoms with Crippen molar-refractivity contribution in [1.82, 2.24) is 4.98 Å². The maximum atomic E-state index is 9.33. The average molecular weight is 207 g/mol. The topological polar surface area (TPSA) is 71.2 Å². The summed E-state index contributed by atoms with van der Waals surface area (Å²) in [5, 5.41) is 12.6. The largest absolute Gasteiger partial charge is 0.397 e. The van der Waals surface area contributed by atoms with E-state index in [-0.39, 0.29) is 12.1 Å². The van der Waals surface area contributed by atoms with Crippen molar-refractivity contribution in [2.45, 2.75) is 31.7 Å². The van der Waals surface area contributed by atoms with Gasteiger partial charge in [-0.1, -0.05) is 0 Å². The summed E-state index contributed by atoms with van der Waals surface area (Å²) in [6.45, 7) is 2.13. The molecule has 1 saturated carbocycles. The molecule has 1 aromatic heterocycles. The fourth-order valence-electron chi connectivity index (χ4n) is 1.90. The first-order chi connectivity index (χ1) is 7.15. The lowest BCUT2D eigenvalue weighted by atomic mass is 9.77. The maximum absolute atomic E-state index is 9.33. The van der Waals surface area contributed by atoms with Crippen LogP contribution in [0.4, 0.5) is 11.5 Å². The molecule has 15 heavy (non-hydrogen) atoms. The Labute approximate surface area is 89.5 Å². The van der Waals surface area contributed by atoms with Gasteiger partial charge < -0.3 is 16.2 Å². The smallest absolute Gasteiger partial charge is 0.129 e. The van der Waals surface area contributed by atoms with Crippen LogP contribution >= 0.6 is 0 Å². The minimum absolute atomic E-state index is 0.145. The van der Waals surface area contributed by atoms with Crippen LogP contribution in [0.25, 0.3) is 0 Å². The van der Waals surface area contributed by atoms with Gasteiger partial charge in [-0.2, -0.15) is 0 Å². The molecule has 0 saturated heterocycles. The van der Waals surface area contributed by atoms with E-state index in [0.29, 0.717) is 5.69 Å². The number of hydrogen-bond acceptors (Lipinski definition) is 4. The minimum atomic E-state index is -0.145. The molecule has 4 nitrogen and oxygen atoms in total. The highest BCUT2D eigenvalue weighted by Crippen LogP contribution is 2.35. The lowest BCUT2D eigenvalue weighted by molar-refractivity contribution is 0.143. The van der Waals surface area contributed by atoms with Gasteiger partial charge in [-0.05, 0) is 37.8 Å². The molecule has 0 unspecified atom stereocenters. The maximum Gasteiger partial charge on any atom is 0.129 e. The number of rotatable bonds is 3. The number of aliphatic hydroxyl groups is 1. The van der Waals surface area contributed by atoms with Gasteiger partial charge in [0.15, 0.2) is 0 Å². The van der Waals surface area contributed by atoms with Gasteiger partial charge in [0.2, 0.25) is 0 Å². The molecule has 4 heteroatoms. The predicted molar refractivity (Wildman–Crippen MR) is 60.7 cm³/mol. The molecule has 1 heterocycles. The number of pyridine rings is 1. The SMILES string of the molecule is Cc1cc(N)cnc1NC1(CO)CCC1. The number of aryl methyl sites for hydroxylation is 1. The van der Waals surface area contributed by atoms with Crippen LogP contribution in [0, 0.1) is 6.92 Å². The predicted octanol–water partition coefficient (Wildman–Crippen LogP) is 1.30. The number of hydrogen-bond donors (Lipinski definition) is 3. The van der Waals surface area contributed by atoms with Crippen LogP contribution in [0.2, 0.25) is 0 Å². The van der Waals surface area contributed by atoms with Gasteiger partial charge >= 0.3 is 0 Å². The summed E-state index contributed by atoms with van der Waals surface area (Å²) in [4.78, 5) is 4.25. The molecule has 0 atom stereocenters. The fraction of sp³-hybridized carbons (Fsp3) is 0.545. The van der Waals surface area contributed by atoms with Crippen LogP contribution in [-0.4, -0.2) is 22.2 Å². The van der Waals surface area contributed by atoms with Gasteiger partial charge in [0, 0.05) is 0 Å². The van der Waals surface area contributed by atoms with E-state index in [4.69, 9.17) is 5.73 Å². The highest BCUT2D eigenvalue weighted by molar-refractivity contribution is 5.52. The van der Waals surface area contributed by atoms with Crippen molar-refractivity contribution in [3.05, 3.63) is 17.8 Å². The van der Waals surface area contributed by atoms with Crippen molar-refractivity contribution >= 4 is 11.5 Å². The molecule has 0 aliphatic heterocycles. The molecule has 1 aliphatic carbocycles. The van der Waals surface area contributed by atoms with E-state index in [1.54, 1.807) is 6.20 Å². The van der Waals surface area contributed by atoms with Gasteiger partial charge in [0.1, 0.15) is 5.82 Å². The third kappa shape index (κ3) is 1.90. The zero-order valence-electron chi connectivity index (χ0n) is 8.95. The van der Waals surface area contributed by atoms with Crippen molar-refractivity contribution in [2.24, 2.45) is 0 Å². The molecule has 0 aromatic carbocycles. The lowest BCUT2D eigenvalue weighted by Gasteiger charge is -2.41. The van der Waals surface area contributed by atoms with Crippen molar-refractivity contribution < 1.29 is 5.11 Å².